The molecule has 0 fully saturated rings. The Morgan fingerprint density at radius 3 is 2.36 bits per heavy atom. The van der Waals surface area contributed by atoms with Gasteiger partial charge in [-0.05, 0) is 54.4 Å². The maximum atomic E-state index is 12.4. The van der Waals surface area contributed by atoms with Gasteiger partial charge in [-0.25, -0.2) is 0 Å². The monoisotopic (exact) mass is 446 g/mol. The molecule has 0 unspecified atom stereocenters. The number of benzene rings is 2. The lowest BCUT2D eigenvalue weighted by Crippen LogP contribution is -2.18. The number of pyridine rings is 1. The molecule has 1 amide bonds. The highest BCUT2D eigenvalue weighted by Gasteiger charge is 2.10. The van der Waals surface area contributed by atoms with Crippen LogP contribution in [0.3, 0.4) is 0 Å². The predicted octanol–water partition coefficient (Wildman–Crippen LogP) is 5.07. The van der Waals surface area contributed by atoms with Gasteiger partial charge >= 0.3 is 0 Å². The second kappa shape index (κ2) is 12.4. The van der Waals surface area contributed by atoms with Crippen LogP contribution in [0, 0.1) is 0 Å². The highest BCUT2D eigenvalue weighted by molar-refractivity contribution is 6.00. The minimum atomic E-state index is -0.216. The molecule has 0 radical (unpaired) electrons. The summed E-state index contributed by atoms with van der Waals surface area (Å²) in [4.78, 5) is 36.5. The van der Waals surface area contributed by atoms with Crippen molar-refractivity contribution in [3.8, 4) is 5.75 Å². The first-order valence-electron chi connectivity index (χ1n) is 11.4. The molecule has 0 aliphatic rings. The van der Waals surface area contributed by atoms with Gasteiger partial charge in [0.25, 0.3) is 5.56 Å². The third-order valence-electron chi connectivity index (χ3n) is 5.26. The van der Waals surface area contributed by atoms with Gasteiger partial charge in [-0.3, -0.25) is 14.4 Å². The molecule has 0 aliphatic carbocycles. The van der Waals surface area contributed by atoms with Crippen LogP contribution >= 0.6 is 0 Å². The fourth-order valence-corrected chi connectivity index (χ4v) is 3.36. The van der Waals surface area contributed by atoms with E-state index in [9.17, 15) is 14.4 Å². The molecule has 1 N–H and O–H groups in total. The van der Waals surface area contributed by atoms with Crippen molar-refractivity contribution in [3.05, 3.63) is 94.4 Å². The maximum Gasteiger partial charge on any atom is 0.250 e. The number of amides is 1. The molecule has 1 heterocycles. The summed E-state index contributed by atoms with van der Waals surface area (Å²) in [6.07, 6.45) is 5.28. The van der Waals surface area contributed by atoms with Crippen LogP contribution in [-0.4, -0.2) is 22.9 Å². The summed E-state index contributed by atoms with van der Waals surface area (Å²) in [6.45, 7) is 3.28. The van der Waals surface area contributed by atoms with Gasteiger partial charge in [-0.2, -0.15) is 0 Å². The van der Waals surface area contributed by atoms with Crippen LogP contribution in [0.2, 0.25) is 0 Å². The van der Waals surface area contributed by atoms with E-state index in [1.54, 1.807) is 53.2 Å². The third kappa shape index (κ3) is 7.75. The van der Waals surface area contributed by atoms with Crippen LogP contribution in [0.1, 0.15) is 54.9 Å². The number of ketones is 1. The Bertz CT molecular complexity index is 1100. The SMILES string of the molecule is CCCCCOc1ccc(C(=O)CCC(=O)Nc2ccc(Cn3ccccc3=O)cc2)cc1. The van der Waals surface area contributed by atoms with Crippen LogP contribution in [0.15, 0.2) is 77.7 Å². The maximum absolute atomic E-state index is 12.4. The summed E-state index contributed by atoms with van der Waals surface area (Å²) in [6, 6.07) is 19.4. The molecule has 3 rings (SSSR count). The summed E-state index contributed by atoms with van der Waals surface area (Å²) in [5, 5.41) is 2.81. The quantitative estimate of drug-likeness (QED) is 0.311. The van der Waals surface area contributed by atoms with E-state index in [1.165, 1.54) is 6.07 Å². The average molecular weight is 447 g/mol. The number of carbonyl (C=O) groups excluding carboxylic acids is 2. The van der Waals surface area contributed by atoms with Crippen molar-refractivity contribution < 1.29 is 14.3 Å². The van der Waals surface area contributed by atoms with Gasteiger partial charge < -0.3 is 14.6 Å². The van der Waals surface area contributed by atoms with E-state index in [4.69, 9.17) is 4.74 Å². The molecule has 0 saturated carbocycles. The molecule has 172 valence electrons. The minimum absolute atomic E-state index is 0.0614. The molecule has 2 aromatic carbocycles. The van der Waals surface area contributed by atoms with Crippen LogP contribution in [0.5, 0.6) is 5.75 Å². The number of Topliss-reactive ketones (excluding diaryl/α,β-unsaturated/α-hetero) is 1. The first-order valence-corrected chi connectivity index (χ1v) is 11.4. The van der Waals surface area contributed by atoms with Gasteiger partial charge in [0, 0.05) is 36.4 Å². The van der Waals surface area contributed by atoms with Gasteiger partial charge in [0.15, 0.2) is 5.78 Å². The topological polar surface area (TPSA) is 77.4 Å². The zero-order valence-corrected chi connectivity index (χ0v) is 19.0. The number of unbranched alkanes of at least 4 members (excludes halogenated alkanes) is 2. The number of anilines is 1. The Labute approximate surface area is 194 Å². The summed E-state index contributed by atoms with van der Waals surface area (Å²) in [5.74, 6) is 0.457. The van der Waals surface area contributed by atoms with Crippen molar-refractivity contribution in [2.45, 2.75) is 45.6 Å². The molecule has 0 aliphatic heterocycles. The van der Waals surface area contributed by atoms with E-state index < -0.39 is 0 Å². The molecule has 0 spiro atoms. The zero-order chi connectivity index (χ0) is 23.5. The van der Waals surface area contributed by atoms with Crippen LogP contribution in [-0.2, 0) is 11.3 Å². The lowest BCUT2D eigenvalue weighted by Gasteiger charge is -2.08. The molecule has 0 atom stereocenters. The largest absolute Gasteiger partial charge is 0.494 e. The number of nitrogens with zero attached hydrogens (tertiary/aromatic N) is 1. The number of nitrogens with one attached hydrogen (secondary N) is 1. The summed E-state index contributed by atoms with van der Waals surface area (Å²) < 4.78 is 7.28. The Hall–Kier alpha value is -3.67. The normalized spacial score (nSPS) is 10.6. The van der Waals surface area contributed by atoms with E-state index in [-0.39, 0.29) is 30.1 Å². The number of rotatable bonds is 12. The van der Waals surface area contributed by atoms with E-state index in [1.807, 2.05) is 18.2 Å². The summed E-state index contributed by atoms with van der Waals surface area (Å²) in [5.41, 5.74) is 2.12. The lowest BCUT2D eigenvalue weighted by molar-refractivity contribution is -0.116. The van der Waals surface area contributed by atoms with Crippen molar-refractivity contribution in [1.29, 1.82) is 0 Å². The smallest absolute Gasteiger partial charge is 0.250 e. The fraction of sp³-hybridized carbons (Fsp3) is 0.296. The Morgan fingerprint density at radius 2 is 1.67 bits per heavy atom. The van der Waals surface area contributed by atoms with Crippen LogP contribution in [0.25, 0.3) is 0 Å². The highest BCUT2D eigenvalue weighted by atomic mass is 16.5. The Morgan fingerprint density at radius 1 is 0.909 bits per heavy atom. The van der Waals surface area contributed by atoms with Crippen molar-refractivity contribution in [1.82, 2.24) is 4.57 Å². The number of aromatic nitrogens is 1. The molecule has 6 heteroatoms. The highest BCUT2D eigenvalue weighted by Crippen LogP contribution is 2.16. The van der Waals surface area contributed by atoms with Gasteiger partial charge in [0.1, 0.15) is 5.75 Å². The van der Waals surface area contributed by atoms with Crippen molar-refractivity contribution in [2.24, 2.45) is 0 Å². The Kier molecular flexibility index (Phi) is 9.00. The number of hydrogen-bond acceptors (Lipinski definition) is 4. The molecule has 0 bridgehead atoms. The first kappa shape index (κ1) is 24.0. The third-order valence-corrected chi connectivity index (χ3v) is 5.26. The standard InChI is InChI=1S/C27H30N2O4/c1-2-3-6-19-33-24-14-10-22(11-15-24)25(30)16-17-26(31)28-23-12-8-21(9-13-23)20-29-18-5-4-7-27(29)32/h4-5,7-15,18H,2-3,6,16-17,19-20H2,1H3,(H,28,31). The predicted molar refractivity (Wildman–Crippen MR) is 130 cm³/mol. The number of hydrogen-bond donors (Lipinski definition) is 1. The van der Waals surface area contributed by atoms with E-state index in [0.29, 0.717) is 24.4 Å². The van der Waals surface area contributed by atoms with Crippen molar-refractivity contribution in [3.63, 3.8) is 0 Å². The van der Waals surface area contributed by atoms with Gasteiger partial charge in [-0.1, -0.05) is 38.0 Å². The molecule has 1 aromatic heterocycles. The van der Waals surface area contributed by atoms with E-state index >= 15 is 0 Å². The molecule has 3 aromatic rings. The van der Waals surface area contributed by atoms with Gasteiger partial charge in [0.05, 0.1) is 13.2 Å². The van der Waals surface area contributed by atoms with Gasteiger partial charge in [-0.15, -0.1) is 0 Å². The van der Waals surface area contributed by atoms with Crippen LogP contribution < -0.4 is 15.6 Å². The van der Waals surface area contributed by atoms with Crippen molar-refractivity contribution in [2.75, 3.05) is 11.9 Å². The lowest BCUT2D eigenvalue weighted by atomic mass is 10.1. The molecule has 6 nitrogen and oxygen atoms in total. The molecule has 33 heavy (non-hydrogen) atoms. The fourth-order valence-electron chi connectivity index (χ4n) is 3.36. The van der Waals surface area contributed by atoms with Crippen molar-refractivity contribution >= 4 is 17.4 Å². The second-order valence-electron chi connectivity index (χ2n) is 7.91. The first-order chi connectivity index (χ1) is 16.0. The second-order valence-corrected chi connectivity index (χ2v) is 7.91. The van der Waals surface area contributed by atoms with E-state index in [0.717, 1.165) is 30.6 Å². The summed E-state index contributed by atoms with van der Waals surface area (Å²) >= 11 is 0. The number of ether oxygens (including phenoxy) is 1. The molecular weight excluding hydrogens is 416 g/mol. The number of carbonyl (C=O) groups is 2. The minimum Gasteiger partial charge on any atom is -0.494 e. The summed E-state index contributed by atoms with van der Waals surface area (Å²) in [7, 11) is 0. The van der Waals surface area contributed by atoms with E-state index in [2.05, 4.69) is 12.2 Å². The zero-order valence-electron chi connectivity index (χ0n) is 19.0. The average Bonchev–Trinajstić information content (AvgIpc) is 2.83. The van der Waals surface area contributed by atoms with Crippen LogP contribution in [0.4, 0.5) is 5.69 Å². The Balaban J connectivity index is 1.43. The van der Waals surface area contributed by atoms with Gasteiger partial charge in [0.2, 0.25) is 5.91 Å². The molecular formula is C27H30N2O4. The molecule has 0 saturated heterocycles.